The third-order valence-electron chi connectivity index (χ3n) is 4.48. The number of carbonyl (C=O) groups excluding carboxylic acids is 1. The molecular formula is C21H19N3OS. The number of nitrogens with zero attached hydrogens (tertiary/aromatic N) is 2. The second-order valence-electron chi connectivity index (χ2n) is 6.27. The second kappa shape index (κ2) is 7.30. The van der Waals surface area contributed by atoms with Crippen molar-refractivity contribution >= 4 is 50.6 Å². The zero-order valence-electron chi connectivity index (χ0n) is 14.5. The maximum Gasteiger partial charge on any atom is 0.239 e. The van der Waals surface area contributed by atoms with Crippen LogP contribution < -0.4 is 5.32 Å². The van der Waals surface area contributed by atoms with Gasteiger partial charge in [-0.25, -0.2) is 0 Å². The Labute approximate surface area is 156 Å². The van der Waals surface area contributed by atoms with Gasteiger partial charge in [0, 0.05) is 5.56 Å². The minimum Gasteiger partial charge on any atom is -0.303 e. The molecule has 1 N–H and O–H groups in total. The van der Waals surface area contributed by atoms with E-state index >= 15 is 0 Å². The smallest absolute Gasteiger partial charge is 0.239 e. The van der Waals surface area contributed by atoms with Gasteiger partial charge in [-0.2, -0.15) is 5.10 Å². The van der Waals surface area contributed by atoms with Gasteiger partial charge in [0.1, 0.15) is 0 Å². The summed E-state index contributed by atoms with van der Waals surface area (Å²) >= 11 is 1.46. The van der Waals surface area contributed by atoms with Gasteiger partial charge in [0.05, 0.1) is 11.5 Å². The van der Waals surface area contributed by atoms with Crippen molar-refractivity contribution in [3.8, 4) is 0 Å². The number of benzene rings is 3. The molecule has 1 aliphatic rings. The van der Waals surface area contributed by atoms with Crippen LogP contribution in [0.2, 0.25) is 0 Å². The number of amidine groups is 1. The fourth-order valence-corrected chi connectivity index (χ4v) is 4.27. The van der Waals surface area contributed by atoms with Gasteiger partial charge >= 0.3 is 0 Å². The Morgan fingerprint density at radius 2 is 1.73 bits per heavy atom. The number of hydrogen-bond acceptors (Lipinski definition) is 4. The summed E-state index contributed by atoms with van der Waals surface area (Å²) in [4.78, 5) is 11.9. The number of thioether (sulfide) groups is 1. The van der Waals surface area contributed by atoms with Crippen LogP contribution in [-0.4, -0.2) is 22.5 Å². The van der Waals surface area contributed by atoms with Gasteiger partial charge < -0.3 is 5.32 Å². The molecule has 1 amide bonds. The lowest BCUT2D eigenvalue weighted by atomic mass is 9.97. The largest absolute Gasteiger partial charge is 0.303 e. The number of carbonyl (C=O) groups is 1. The highest BCUT2D eigenvalue weighted by atomic mass is 32.2. The summed E-state index contributed by atoms with van der Waals surface area (Å²) in [5.41, 5.74) is 1.04. The summed E-state index contributed by atoms with van der Waals surface area (Å²) in [5.74, 6) is 0.0291. The van der Waals surface area contributed by atoms with E-state index in [1.807, 2.05) is 24.3 Å². The predicted octanol–water partition coefficient (Wildman–Crippen LogP) is 4.71. The molecule has 1 atom stereocenters. The predicted molar refractivity (Wildman–Crippen MR) is 111 cm³/mol. The van der Waals surface area contributed by atoms with Crippen LogP contribution in [0, 0.1) is 0 Å². The third kappa shape index (κ3) is 3.22. The van der Waals surface area contributed by atoms with E-state index in [1.54, 1.807) is 6.21 Å². The van der Waals surface area contributed by atoms with Crippen molar-refractivity contribution in [1.29, 1.82) is 0 Å². The molecule has 0 bridgehead atoms. The molecule has 1 saturated heterocycles. The minimum atomic E-state index is -0.0488. The first-order valence-electron chi connectivity index (χ1n) is 8.75. The van der Waals surface area contributed by atoms with Crippen LogP contribution in [0.1, 0.15) is 25.3 Å². The molecule has 3 aromatic carbocycles. The Balaban J connectivity index is 1.71. The molecule has 1 aliphatic heterocycles. The zero-order valence-corrected chi connectivity index (χ0v) is 15.3. The van der Waals surface area contributed by atoms with E-state index in [-0.39, 0.29) is 11.2 Å². The first-order valence-corrected chi connectivity index (χ1v) is 9.63. The molecule has 0 saturated carbocycles. The summed E-state index contributed by atoms with van der Waals surface area (Å²) in [6.45, 7) is 2.08. The van der Waals surface area contributed by atoms with Crippen LogP contribution in [0.4, 0.5) is 0 Å². The average molecular weight is 361 g/mol. The minimum absolute atomic E-state index is 0.0291. The molecule has 26 heavy (non-hydrogen) atoms. The molecule has 0 radical (unpaired) electrons. The van der Waals surface area contributed by atoms with Crippen LogP contribution in [0.25, 0.3) is 21.5 Å². The monoisotopic (exact) mass is 361 g/mol. The van der Waals surface area contributed by atoms with Crippen molar-refractivity contribution in [2.45, 2.75) is 25.0 Å². The number of hydrogen-bond donors (Lipinski definition) is 1. The van der Waals surface area contributed by atoms with Gasteiger partial charge in [-0.3, -0.25) is 4.79 Å². The molecule has 4 rings (SSSR count). The molecule has 1 fully saturated rings. The highest BCUT2D eigenvalue weighted by Crippen LogP contribution is 2.27. The van der Waals surface area contributed by atoms with E-state index < -0.39 is 0 Å². The van der Waals surface area contributed by atoms with Crippen molar-refractivity contribution in [2.24, 2.45) is 10.2 Å². The molecule has 130 valence electrons. The van der Waals surface area contributed by atoms with Gasteiger partial charge in [0.15, 0.2) is 5.17 Å². The maximum atomic E-state index is 11.9. The standard InChI is InChI=1S/C21H19N3OS/c1-2-7-19-20(25)23-21(26-19)24-22-13-18-16-10-5-3-8-14(16)12-15-9-4-6-11-17(15)18/h3-6,8-13,19H,2,7H2,1H3,(H,23,24,25). The van der Waals surface area contributed by atoms with E-state index in [9.17, 15) is 4.79 Å². The number of nitrogens with one attached hydrogen (secondary N) is 1. The van der Waals surface area contributed by atoms with E-state index in [0.717, 1.165) is 29.2 Å². The average Bonchev–Trinajstić information content (AvgIpc) is 3.01. The highest BCUT2D eigenvalue weighted by molar-refractivity contribution is 8.15. The Hall–Kier alpha value is -2.66. The molecule has 0 aliphatic carbocycles. The van der Waals surface area contributed by atoms with Crippen molar-refractivity contribution in [2.75, 3.05) is 0 Å². The highest BCUT2D eigenvalue weighted by Gasteiger charge is 2.29. The lowest BCUT2D eigenvalue weighted by molar-refractivity contribution is -0.118. The van der Waals surface area contributed by atoms with Crippen molar-refractivity contribution < 1.29 is 4.79 Å². The van der Waals surface area contributed by atoms with E-state index in [2.05, 4.69) is 52.8 Å². The molecule has 0 spiro atoms. The fourth-order valence-electron chi connectivity index (χ4n) is 3.23. The van der Waals surface area contributed by atoms with Crippen LogP contribution >= 0.6 is 11.8 Å². The number of fused-ring (bicyclic) bond motifs is 2. The third-order valence-corrected chi connectivity index (χ3v) is 5.62. The fraction of sp³-hybridized carbons (Fsp3) is 0.190. The summed E-state index contributed by atoms with van der Waals surface area (Å²) in [6, 6.07) is 18.7. The van der Waals surface area contributed by atoms with E-state index in [4.69, 9.17) is 0 Å². The summed E-state index contributed by atoms with van der Waals surface area (Å²) in [7, 11) is 0. The lowest BCUT2D eigenvalue weighted by Crippen LogP contribution is -2.24. The summed E-state index contributed by atoms with van der Waals surface area (Å²) in [6.07, 6.45) is 3.62. The second-order valence-corrected chi connectivity index (χ2v) is 7.46. The van der Waals surface area contributed by atoms with Gasteiger partial charge in [-0.05, 0) is 34.0 Å². The van der Waals surface area contributed by atoms with Crippen LogP contribution in [0.3, 0.4) is 0 Å². The van der Waals surface area contributed by atoms with Crippen LogP contribution in [0.15, 0.2) is 64.8 Å². The van der Waals surface area contributed by atoms with Crippen molar-refractivity contribution in [1.82, 2.24) is 5.32 Å². The Kier molecular flexibility index (Phi) is 4.71. The number of rotatable bonds is 4. The lowest BCUT2D eigenvalue weighted by Gasteiger charge is -2.07. The molecule has 1 unspecified atom stereocenters. The molecule has 3 aromatic rings. The quantitative estimate of drug-likeness (QED) is 0.415. The van der Waals surface area contributed by atoms with Crippen LogP contribution in [-0.2, 0) is 4.79 Å². The first-order chi connectivity index (χ1) is 12.8. The van der Waals surface area contributed by atoms with Crippen LogP contribution in [0.5, 0.6) is 0 Å². The zero-order chi connectivity index (χ0) is 17.9. The summed E-state index contributed by atoms with van der Waals surface area (Å²) in [5, 5.41) is 16.5. The SMILES string of the molecule is CCCC1SC(=NN=Cc2c3ccccc3cc3ccccc23)NC1=O. The normalized spacial score (nSPS) is 19.0. The van der Waals surface area contributed by atoms with Gasteiger partial charge in [0.25, 0.3) is 0 Å². The maximum absolute atomic E-state index is 11.9. The molecule has 0 aromatic heterocycles. The van der Waals surface area contributed by atoms with Gasteiger partial charge in [0.2, 0.25) is 5.91 Å². The summed E-state index contributed by atoms with van der Waals surface area (Å²) < 4.78 is 0. The molecule has 4 nitrogen and oxygen atoms in total. The van der Waals surface area contributed by atoms with Gasteiger partial charge in [-0.1, -0.05) is 73.6 Å². The number of amides is 1. The Morgan fingerprint density at radius 1 is 1.08 bits per heavy atom. The Morgan fingerprint density at radius 3 is 2.38 bits per heavy atom. The van der Waals surface area contributed by atoms with E-state index in [0.29, 0.717) is 5.17 Å². The molecular weight excluding hydrogens is 342 g/mol. The van der Waals surface area contributed by atoms with Crippen molar-refractivity contribution in [3.05, 3.63) is 60.2 Å². The first kappa shape index (κ1) is 16.8. The topological polar surface area (TPSA) is 53.8 Å². The van der Waals surface area contributed by atoms with Gasteiger partial charge in [-0.15, -0.1) is 5.10 Å². The Bertz CT molecular complexity index is 988. The van der Waals surface area contributed by atoms with Crippen molar-refractivity contribution in [3.63, 3.8) is 0 Å². The van der Waals surface area contributed by atoms with E-state index in [1.165, 1.54) is 22.5 Å². The molecule has 1 heterocycles. The molecule has 5 heteroatoms.